The van der Waals surface area contributed by atoms with Gasteiger partial charge in [-0.2, -0.15) is 0 Å². The molecule has 0 aromatic rings. The number of carbonyl (C=O) groups excluding carboxylic acids is 1. The third kappa shape index (κ3) is 14.9. The van der Waals surface area contributed by atoms with Crippen LogP contribution < -0.4 is 5.73 Å². The molecule has 0 bridgehead atoms. The second-order valence-corrected chi connectivity index (χ2v) is 7.28. The van der Waals surface area contributed by atoms with Crippen LogP contribution in [-0.4, -0.2) is 23.3 Å². The number of nitrogens with one attached hydrogen (secondary N) is 1. The summed E-state index contributed by atoms with van der Waals surface area (Å²) in [5, 5.41) is 7.52. The number of nitrogens with zero attached hydrogens (tertiary/aromatic N) is 1. The van der Waals surface area contributed by atoms with Gasteiger partial charge in [0.1, 0.15) is 0 Å². The third-order valence-corrected chi connectivity index (χ3v) is 4.82. The highest BCUT2D eigenvalue weighted by atomic mass is 16.2. The van der Waals surface area contributed by atoms with E-state index >= 15 is 0 Å². The van der Waals surface area contributed by atoms with Crippen molar-refractivity contribution < 1.29 is 4.79 Å². The number of nitrogens with two attached hydrogens (primary N) is 1. The fraction of sp³-hybridized carbons (Fsp3) is 0.905. The van der Waals surface area contributed by atoms with Crippen LogP contribution in [0.4, 0.5) is 0 Å². The van der Waals surface area contributed by atoms with Gasteiger partial charge in [0.05, 0.1) is 0 Å². The predicted octanol–water partition coefficient (Wildman–Crippen LogP) is 5.99. The molecule has 0 saturated heterocycles. The van der Waals surface area contributed by atoms with Gasteiger partial charge in [-0.05, 0) is 12.8 Å². The molecule has 1 amide bonds. The maximum Gasteiger partial charge on any atom is 0.229 e. The number of rotatable bonds is 17. The van der Waals surface area contributed by atoms with Crippen molar-refractivity contribution in [1.82, 2.24) is 4.90 Å². The Kier molecular flexibility index (Phi) is 17.0. The van der Waals surface area contributed by atoms with E-state index in [1.54, 1.807) is 0 Å². The summed E-state index contributed by atoms with van der Waals surface area (Å²) in [5.41, 5.74) is 5.51. The van der Waals surface area contributed by atoms with E-state index in [0.29, 0.717) is 13.0 Å². The number of unbranched alkanes of at least 4 members (excludes halogenated alkanes) is 13. The zero-order chi connectivity index (χ0) is 18.8. The average Bonchev–Trinajstić information content (AvgIpc) is 2.59. The molecule has 4 nitrogen and oxygen atoms in total. The summed E-state index contributed by atoms with van der Waals surface area (Å²) >= 11 is 0. The first-order valence-corrected chi connectivity index (χ1v) is 10.8. The van der Waals surface area contributed by atoms with E-state index in [2.05, 4.69) is 13.8 Å². The molecule has 0 unspecified atom stereocenters. The molecule has 0 aliphatic heterocycles. The van der Waals surface area contributed by atoms with E-state index in [0.717, 1.165) is 25.7 Å². The Morgan fingerprint density at radius 3 is 1.52 bits per heavy atom. The van der Waals surface area contributed by atoms with Gasteiger partial charge in [0.15, 0.2) is 5.96 Å². The molecule has 0 fully saturated rings. The van der Waals surface area contributed by atoms with Gasteiger partial charge in [0, 0.05) is 13.0 Å². The molecule has 4 heteroatoms. The predicted molar refractivity (Wildman–Crippen MR) is 109 cm³/mol. The molecule has 0 aromatic heterocycles. The first kappa shape index (κ1) is 23.9. The van der Waals surface area contributed by atoms with E-state index < -0.39 is 0 Å². The second-order valence-electron chi connectivity index (χ2n) is 7.28. The monoisotopic (exact) mass is 353 g/mol. The summed E-state index contributed by atoms with van der Waals surface area (Å²) in [4.78, 5) is 13.5. The highest BCUT2D eigenvalue weighted by molar-refractivity contribution is 5.94. The molecule has 0 aliphatic rings. The topological polar surface area (TPSA) is 70.2 Å². The lowest BCUT2D eigenvalue weighted by atomic mass is 10.0. The standard InChI is InChI=1S/C21H43N3O/c1-3-5-7-8-9-10-11-12-13-14-15-16-17-18-20(25)24(21(22)23)19-6-4-2/h3-19H2,1-2H3,(H3,22,23). The van der Waals surface area contributed by atoms with Crippen LogP contribution in [0.25, 0.3) is 0 Å². The van der Waals surface area contributed by atoms with Crippen molar-refractivity contribution in [3.05, 3.63) is 0 Å². The van der Waals surface area contributed by atoms with Gasteiger partial charge in [-0.25, -0.2) is 0 Å². The van der Waals surface area contributed by atoms with Crippen molar-refractivity contribution in [3.63, 3.8) is 0 Å². The van der Waals surface area contributed by atoms with Crippen molar-refractivity contribution in [2.45, 2.75) is 117 Å². The Morgan fingerprint density at radius 2 is 1.12 bits per heavy atom. The minimum atomic E-state index is -0.104. The quantitative estimate of drug-likeness (QED) is 0.191. The number of hydrogen-bond donors (Lipinski definition) is 2. The lowest BCUT2D eigenvalue weighted by Gasteiger charge is -2.20. The molecule has 25 heavy (non-hydrogen) atoms. The number of hydrogen-bond acceptors (Lipinski definition) is 2. The van der Waals surface area contributed by atoms with Gasteiger partial charge < -0.3 is 5.73 Å². The summed E-state index contributed by atoms with van der Waals surface area (Å²) in [6, 6.07) is 0. The fourth-order valence-electron chi connectivity index (χ4n) is 3.12. The normalized spacial score (nSPS) is 10.8. The van der Waals surface area contributed by atoms with Crippen LogP contribution >= 0.6 is 0 Å². The Labute approximate surface area is 156 Å². The first-order valence-electron chi connectivity index (χ1n) is 10.8. The van der Waals surface area contributed by atoms with Gasteiger partial charge in [-0.1, -0.05) is 97.3 Å². The van der Waals surface area contributed by atoms with Crippen molar-refractivity contribution in [2.75, 3.05) is 6.54 Å². The van der Waals surface area contributed by atoms with E-state index in [-0.39, 0.29) is 11.9 Å². The van der Waals surface area contributed by atoms with Gasteiger partial charge in [0.2, 0.25) is 5.91 Å². The average molecular weight is 354 g/mol. The molecule has 0 atom stereocenters. The van der Waals surface area contributed by atoms with Crippen LogP contribution in [0.3, 0.4) is 0 Å². The summed E-state index contributed by atoms with van der Waals surface area (Å²) in [6.45, 7) is 4.93. The van der Waals surface area contributed by atoms with Crippen molar-refractivity contribution in [2.24, 2.45) is 5.73 Å². The summed E-state index contributed by atoms with van der Waals surface area (Å²) in [7, 11) is 0. The van der Waals surface area contributed by atoms with Gasteiger partial charge in [-0.3, -0.25) is 15.1 Å². The number of carbonyl (C=O) groups is 1. The van der Waals surface area contributed by atoms with Crippen LogP contribution in [-0.2, 0) is 4.79 Å². The SMILES string of the molecule is CCCCCCCCCCCCCCCC(=O)N(CCCC)C(=N)N. The van der Waals surface area contributed by atoms with Crippen molar-refractivity contribution in [1.29, 1.82) is 5.41 Å². The highest BCUT2D eigenvalue weighted by Gasteiger charge is 2.14. The molecule has 0 radical (unpaired) electrons. The Hall–Kier alpha value is -1.06. The van der Waals surface area contributed by atoms with Crippen LogP contribution in [0.15, 0.2) is 0 Å². The van der Waals surface area contributed by atoms with Gasteiger partial charge in [0.25, 0.3) is 0 Å². The largest absolute Gasteiger partial charge is 0.370 e. The fourth-order valence-corrected chi connectivity index (χ4v) is 3.12. The van der Waals surface area contributed by atoms with Crippen molar-refractivity contribution in [3.8, 4) is 0 Å². The zero-order valence-corrected chi connectivity index (χ0v) is 17.0. The minimum absolute atomic E-state index is 0.0176. The molecule has 0 heterocycles. The summed E-state index contributed by atoms with van der Waals surface area (Å²) < 4.78 is 0. The van der Waals surface area contributed by atoms with Crippen LogP contribution in [0.1, 0.15) is 117 Å². The van der Waals surface area contributed by atoms with Crippen LogP contribution in [0.2, 0.25) is 0 Å². The van der Waals surface area contributed by atoms with E-state index in [1.165, 1.54) is 75.5 Å². The minimum Gasteiger partial charge on any atom is -0.370 e. The Morgan fingerprint density at radius 1 is 0.720 bits per heavy atom. The molecule has 0 rings (SSSR count). The maximum absolute atomic E-state index is 12.1. The van der Waals surface area contributed by atoms with Gasteiger partial charge in [-0.15, -0.1) is 0 Å². The molecular formula is C21H43N3O. The summed E-state index contributed by atoms with van der Waals surface area (Å²) in [6.07, 6.45) is 19.4. The lowest BCUT2D eigenvalue weighted by molar-refractivity contribution is -0.127. The second kappa shape index (κ2) is 17.8. The van der Waals surface area contributed by atoms with Crippen molar-refractivity contribution >= 4 is 11.9 Å². The lowest BCUT2D eigenvalue weighted by Crippen LogP contribution is -2.41. The Balaban J connectivity index is 3.44. The third-order valence-electron chi connectivity index (χ3n) is 4.82. The molecule has 0 spiro atoms. The molecule has 148 valence electrons. The first-order chi connectivity index (χ1) is 12.1. The van der Waals surface area contributed by atoms with Gasteiger partial charge >= 0.3 is 0 Å². The molecule has 0 saturated carbocycles. The molecule has 0 aliphatic carbocycles. The van der Waals surface area contributed by atoms with E-state index in [1.807, 2.05) is 0 Å². The van der Waals surface area contributed by atoms with Crippen LogP contribution in [0, 0.1) is 5.41 Å². The number of guanidine groups is 1. The molecular weight excluding hydrogens is 310 g/mol. The summed E-state index contributed by atoms with van der Waals surface area (Å²) in [5.74, 6) is -0.0860. The molecule has 3 N–H and O–H groups in total. The molecule has 0 aromatic carbocycles. The number of amides is 1. The maximum atomic E-state index is 12.1. The smallest absolute Gasteiger partial charge is 0.229 e. The van der Waals surface area contributed by atoms with E-state index in [4.69, 9.17) is 11.1 Å². The highest BCUT2D eigenvalue weighted by Crippen LogP contribution is 2.13. The Bertz CT molecular complexity index is 331. The zero-order valence-electron chi connectivity index (χ0n) is 17.0. The van der Waals surface area contributed by atoms with Crippen LogP contribution in [0.5, 0.6) is 0 Å². The van der Waals surface area contributed by atoms with E-state index in [9.17, 15) is 4.79 Å².